The summed E-state index contributed by atoms with van der Waals surface area (Å²) in [4.78, 5) is 21.8. The number of nitrogens with zero attached hydrogens (tertiary/aromatic N) is 2. The normalized spacial score (nSPS) is 10.0. The maximum Gasteiger partial charge on any atom is 0.294 e. The molecule has 1 aromatic carbocycles. The third-order valence-electron chi connectivity index (χ3n) is 2.27. The van der Waals surface area contributed by atoms with Crippen LogP contribution in [0.1, 0.15) is 19.4 Å². The molecule has 0 aliphatic rings. The Balaban J connectivity index is 2.86. The van der Waals surface area contributed by atoms with Crippen molar-refractivity contribution in [1.82, 2.24) is 5.32 Å². The van der Waals surface area contributed by atoms with Gasteiger partial charge >= 0.3 is 0 Å². The summed E-state index contributed by atoms with van der Waals surface area (Å²) in [5.74, 6) is -0.374. The molecule has 1 rings (SSSR count). The van der Waals surface area contributed by atoms with Gasteiger partial charge in [0, 0.05) is 12.1 Å². The van der Waals surface area contributed by atoms with Gasteiger partial charge in [-0.3, -0.25) is 14.9 Å². The number of nitriles is 1. The maximum absolute atomic E-state index is 11.6. The SMILES string of the molecule is CC(C)NCC(=O)Nc1ccc(C#N)cc1[N+](=O)[O-]. The molecule has 0 atom stereocenters. The van der Waals surface area contributed by atoms with Crippen LogP contribution in [0.5, 0.6) is 0 Å². The fourth-order valence-electron chi connectivity index (χ4n) is 1.35. The van der Waals surface area contributed by atoms with Gasteiger partial charge in [-0.2, -0.15) is 5.26 Å². The highest BCUT2D eigenvalue weighted by Crippen LogP contribution is 2.25. The van der Waals surface area contributed by atoms with Crippen molar-refractivity contribution in [3.63, 3.8) is 0 Å². The molecule has 7 heteroatoms. The Morgan fingerprint density at radius 3 is 2.74 bits per heavy atom. The van der Waals surface area contributed by atoms with Crippen LogP contribution < -0.4 is 10.6 Å². The molecule has 2 N–H and O–H groups in total. The molecular formula is C12H14N4O3. The fraction of sp³-hybridized carbons (Fsp3) is 0.333. The second-order valence-corrected chi connectivity index (χ2v) is 4.18. The second-order valence-electron chi connectivity index (χ2n) is 4.18. The molecule has 0 unspecified atom stereocenters. The van der Waals surface area contributed by atoms with E-state index in [0.29, 0.717) is 0 Å². The van der Waals surface area contributed by atoms with Crippen molar-refractivity contribution in [3.05, 3.63) is 33.9 Å². The Labute approximate surface area is 110 Å². The topological polar surface area (TPSA) is 108 Å². The Morgan fingerprint density at radius 1 is 1.53 bits per heavy atom. The minimum absolute atomic E-state index is 0.0643. The Morgan fingerprint density at radius 2 is 2.21 bits per heavy atom. The number of rotatable bonds is 5. The minimum Gasteiger partial charge on any atom is -0.319 e. The minimum atomic E-state index is -0.633. The first kappa shape index (κ1) is 14.6. The Bertz CT molecular complexity index is 534. The molecule has 0 aliphatic carbocycles. The lowest BCUT2D eigenvalue weighted by Crippen LogP contribution is -2.32. The largest absolute Gasteiger partial charge is 0.319 e. The van der Waals surface area contributed by atoms with E-state index in [2.05, 4.69) is 10.6 Å². The standard InChI is InChI=1S/C12H14N4O3/c1-8(2)14-7-12(17)15-10-4-3-9(6-13)5-11(10)16(18)19/h3-5,8,14H,7H2,1-2H3,(H,15,17). The van der Waals surface area contributed by atoms with Crippen LogP contribution in [0.3, 0.4) is 0 Å². The summed E-state index contributed by atoms with van der Waals surface area (Å²) in [6.07, 6.45) is 0. The van der Waals surface area contributed by atoms with E-state index < -0.39 is 4.92 Å². The smallest absolute Gasteiger partial charge is 0.294 e. The molecule has 7 nitrogen and oxygen atoms in total. The first-order valence-corrected chi connectivity index (χ1v) is 5.66. The average molecular weight is 262 g/mol. The number of anilines is 1. The number of carbonyl (C=O) groups is 1. The van der Waals surface area contributed by atoms with Crippen molar-refractivity contribution >= 4 is 17.3 Å². The molecular weight excluding hydrogens is 248 g/mol. The van der Waals surface area contributed by atoms with Gasteiger partial charge in [-0.05, 0) is 12.1 Å². The van der Waals surface area contributed by atoms with Crippen LogP contribution in [0.2, 0.25) is 0 Å². The third kappa shape index (κ3) is 4.37. The number of hydrogen-bond acceptors (Lipinski definition) is 5. The van der Waals surface area contributed by atoms with Gasteiger partial charge in [0.25, 0.3) is 5.69 Å². The molecule has 0 fully saturated rings. The third-order valence-corrected chi connectivity index (χ3v) is 2.27. The zero-order valence-corrected chi connectivity index (χ0v) is 10.6. The van der Waals surface area contributed by atoms with Crippen LogP contribution in [0.4, 0.5) is 11.4 Å². The highest BCUT2D eigenvalue weighted by Gasteiger charge is 2.16. The number of amides is 1. The zero-order chi connectivity index (χ0) is 14.4. The van der Waals surface area contributed by atoms with Gasteiger partial charge < -0.3 is 10.6 Å². The predicted molar refractivity (Wildman–Crippen MR) is 69.6 cm³/mol. The highest BCUT2D eigenvalue weighted by atomic mass is 16.6. The molecule has 0 aromatic heterocycles. The number of benzene rings is 1. The summed E-state index contributed by atoms with van der Waals surface area (Å²) in [7, 11) is 0. The van der Waals surface area contributed by atoms with Gasteiger partial charge in [0.1, 0.15) is 5.69 Å². The first-order valence-electron chi connectivity index (χ1n) is 5.66. The van der Waals surface area contributed by atoms with E-state index in [4.69, 9.17) is 5.26 Å². The van der Waals surface area contributed by atoms with E-state index in [9.17, 15) is 14.9 Å². The van der Waals surface area contributed by atoms with Crippen molar-refractivity contribution in [2.75, 3.05) is 11.9 Å². The van der Waals surface area contributed by atoms with E-state index in [0.717, 1.165) is 6.07 Å². The van der Waals surface area contributed by atoms with E-state index >= 15 is 0 Å². The molecule has 100 valence electrons. The molecule has 0 saturated heterocycles. The van der Waals surface area contributed by atoms with Gasteiger partial charge in [0.05, 0.1) is 23.1 Å². The zero-order valence-electron chi connectivity index (χ0n) is 10.6. The highest BCUT2D eigenvalue weighted by molar-refractivity contribution is 5.94. The van der Waals surface area contributed by atoms with Crippen LogP contribution in [0.25, 0.3) is 0 Å². The summed E-state index contributed by atoms with van der Waals surface area (Å²) < 4.78 is 0. The summed E-state index contributed by atoms with van der Waals surface area (Å²) >= 11 is 0. The van der Waals surface area contributed by atoms with Crippen molar-refractivity contribution in [2.45, 2.75) is 19.9 Å². The van der Waals surface area contributed by atoms with Crippen LogP contribution in [-0.4, -0.2) is 23.4 Å². The van der Waals surface area contributed by atoms with Gasteiger partial charge in [0.15, 0.2) is 0 Å². The first-order chi connectivity index (χ1) is 8.93. The molecule has 1 amide bonds. The van der Waals surface area contributed by atoms with Gasteiger partial charge in [-0.15, -0.1) is 0 Å². The maximum atomic E-state index is 11.6. The average Bonchev–Trinajstić information content (AvgIpc) is 2.36. The molecule has 0 spiro atoms. The molecule has 0 heterocycles. The lowest BCUT2D eigenvalue weighted by Gasteiger charge is -2.09. The summed E-state index contributed by atoms with van der Waals surface area (Å²) in [6, 6.07) is 5.85. The van der Waals surface area contributed by atoms with Crippen molar-refractivity contribution in [2.24, 2.45) is 0 Å². The van der Waals surface area contributed by atoms with Crippen molar-refractivity contribution < 1.29 is 9.72 Å². The predicted octanol–water partition coefficient (Wildman–Crippen LogP) is 1.40. The van der Waals surface area contributed by atoms with E-state index in [-0.39, 0.29) is 35.4 Å². The molecule has 0 bridgehead atoms. The van der Waals surface area contributed by atoms with Crippen LogP contribution in [-0.2, 0) is 4.79 Å². The quantitative estimate of drug-likeness (QED) is 0.616. The van der Waals surface area contributed by atoms with Gasteiger partial charge in [-0.25, -0.2) is 0 Å². The van der Waals surface area contributed by atoms with Crippen LogP contribution in [0.15, 0.2) is 18.2 Å². The Kier molecular flexibility index (Phi) is 4.97. The summed E-state index contributed by atoms with van der Waals surface area (Å²) in [5, 5.41) is 24.9. The number of hydrogen-bond donors (Lipinski definition) is 2. The summed E-state index contributed by atoms with van der Waals surface area (Å²) in [6.45, 7) is 3.84. The molecule has 1 aromatic rings. The molecule has 0 radical (unpaired) electrons. The molecule has 0 aliphatic heterocycles. The second kappa shape index (κ2) is 6.47. The van der Waals surface area contributed by atoms with Crippen molar-refractivity contribution in [3.8, 4) is 6.07 Å². The van der Waals surface area contributed by atoms with E-state index in [1.807, 2.05) is 19.9 Å². The van der Waals surface area contributed by atoms with Crippen LogP contribution in [0, 0.1) is 21.4 Å². The lowest BCUT2D eigenvalue weighted by atomic mass is 10.2. The Hall–Kier alpha value is -2.46. The summed E-state index contributed by atoms with van der Waals surface area (Å²) in [5.41, 5.74) is -0.0403. The number of nitrogens with one attached hydrogen (secondary N) is 2. The van der Waals surface area contributed by atoms with Crippen LogP contribution >= 0.6 is 0 Å². The van der Waals surface area contributed by atoms with Gasteiger partial charge in [-0.1, -0.05) is 13.8 Å². The molecule has 0 saturated carbocycles. The monoisotopic (exact) mass is 262 g/mol. The number of nitro groups is 1. The van der Waals surface area contributed by atoms with E-state index in [1.165, 1.54) is 12.1 Å². The molecule has 19 heavy (non-hydrogen) atoms. The van der Waals surface area contributed by atoms with E-state index in [1.54, 1.807) is 0 Å². The fourth-order valence-corrected chi connectivity index (χ4v) is 1.35. The number of carbonyl (C=O) groups excluding carboxylic acids is 1. The number of nitro benzene ring substituents is 1. The van der Waals surface area contributed by atoms with Crippen molar-refractivity contribution in [1.29, 1.82) is 5.26 Å². The van der Waals surface area contributed by atoms with Gasteiger partial charge in [0.2, 0.25) is 5.91 Å². The lowest BCUT2D eigenvalue weighted by molar-refractivity contribution is -0.383.